The molecule has 22 heavy (non-hydrogen) atoms. The minimum Gasteiger partial charge on any atom is -0.494 e. The van der Waals surface area contributed by atoms with Crippen LogP contribution < -0.4 is 10.1 Å². The lowest BCUT2D eigenvalue weighted by Gasteiger charge is -2.14. The minimum atomic E-state index is 0.121. The summed E-state index contributed by atoms with van der Waals surface area (Å²) < 4.78 is 7.63. The molecule has 118 valence electrons. The van der Waals surface area contributed by atoms with Crippen molar-refractivity contribution in [1.29, 1.82) is 0 Å². The van der Waals surface area contributed by atoms with E-state index in [4.69, 9.17) is 4.74 Å². The molecule has 0 bridgehead atoms. The molecule has 0 aliphatic heterocycles. The molecule has 0 saturated heterocycles. The molecule has 1 N–H and O–H groups in total. The molecule has 0 unspecified atom stereocenters. The summed E-state index contributed by atoms with van der Waals surface area (Å²) in [5.74, 6) is 1.84. The lowest BCUT2D eigenvalue weighted by Crippen LogP contribution is -2.22. The number of hydrogen-bond acceptors (Lipinski definition) is 5. The summed E-state index contributed by atoms with van der Waals surface area (Å²) >= 11 is 0. The average Bonchev–Trinajstić information content (AvgIpc) is 3.28. The number of nitrogens with one attached hydrogen (secondary N) is 1. The van der Waals surface area contributed by atoms with E-state index >= 15 is 0 Å². The number of tetrazole rings is 1. The second-order valence-corrected chi connectivity index (χ2v) is 5.81. The Bertz CT molecular complexity index is 608. The smallest absolute Gasteiger partial charge is 0.168 e. The van der Waals surface area contributed by atoms with Crippen molar-refractivity contribution in [3.8, 4) is 5.75 Å². The maximum atomic E-state index is 5.67. The van der Waals surface area contributed by atoms with Gasteiger partial charge in [-0.25, -0.2) is 4.68 Å². The number of ether oxygens (including phenoxy) is 1. The van der Waals surface area contributed by atoms with Crippen LogP contribution in [0.25, 0.3) is 0 Å². The first-order chi connectivity index (χ1) is 10.8. The normalized spacial score (nSPS) is 15.7. The lowest BCUT2D eigenvalue weighted by molar-refractivity contribution is 0.317. The molecule has 1 atom stereocenters. The van der Waals surface area contributed by atoms with Crippen molar-refractivity contribution in [1.82, 2.24) is 25.5 Å². The van der Waals surface area contributed by atoms with Crippen LogP contribution >= 0.6 is 0 Å². The molecular weight excluding hydrogens is 278 g/mol. The summed E-state index contributed by atoms with van der Waals surface area (Å²) in [4.78, 5) is 0. The first-order valence-corrected chi connectivity index (χ1v) is 8.00. The van der Waals surface area contributed by atoms with Gasteiger partial charge >= 0.3 is 0 Å². The summed E-state index contributed by atoms with van der Waals surface area (Å²) in [5, 5.41) is 15.6. The highest BCUT2D eigenvalue weighted by atomic mass is 16.5. The topological polar surface area (TPSA) is 64.9 Å². The summed E-state index contributed by atoms with van der Waals surface area (Å²) in [5.41, 5.74) is 1.20. The maximum Gasteiger partial charge on any atom is 0.168 e. The Morgan fingerprint density at radius 1 is 1.41 bits per heavy atom. The van der Waals surface area contributed by atoms with E-state index in [0.29, 0.717) is 6.04 Å². The molecule has 1 aliphatic carbocycles. The monoisotopic (exact) mass is 301 g/mol. The van der Waals surface area contributed by atoms with Gasteiger partial charge in [0, 0.05) is 6.54 Å². The highest BCUT2D eigenvalue weighted by Gasteiger charge is 2.29. The van der Waals surface area contributed by atoms with Crippen molar-refractivity contribution in [2.24, 2.45) is 0 Å². The van der Waals surface area contributed by atoms with E-state index in [-0.39, 0.29) is 6.04 Å². The summed E-state index contributed by atoms with van der Waals surface area (Å²) in [6, 6.07) is 8.83. The molecule has 1 heterocycles. The molecule has 1 fully saturated rings. The molecule has 1 saturated carbocycles. The van der Waals surface area contributed by atoms with Crippen LogP contribution in [0.5, 0.6) is 5.75 Å². The number of nitrogens with zero attached hydrogens (tertiary/aromatic N) is 4. The fourth-order valence-corrected chi connectivity index (χ4v) is 2.39. The van der Waals surface area contributed by atoms with Crippen molar-refractivity contribution in [2.75, 3.05) is 6.61 Å². The molecule has 0 spiro atoms. The van der Waals surface area contributed by atoms with E-state index in [1.165, 1.54) is 18.4 Å². The van der Waals surface area contributed by atoms with E-state index in [2.05, 4.69) is 46.8 Å². The van der Waals surface area contributed by atoms with Gasteiger partial charge in [-0.15, -0.1) is 5.10 Å². The Morgan fingerprint density at radius 3 is 3.05 bits per heavy atom. The van der Waals surface area contributed by atoms with Crippen molar-refractivity contribution in [3.63, 3.8) is 0 Å². The van der Waals surface area contributed by atoms with Crippen LogP contribution in [0.4, 0.5) is 0 Å². The number of benzene rings is 1. The van der Waals surface area contributed by atoms with E-state index in [1.54, 1.807) is 0 Å². The van der Waals surface area contributed by atoms with E-state index in [1.807, 2.05) is 16.8 Å². The lowest BCUT2D eigenvalue weighted by atomic mass is 10.2. The predicted octanol–water partition coefficient (Wildman–Crippen LogP) is 2.65. The van der Waals surface area contributed by atoms with Crippen molar-refractivity contribution < 1.29 is 4.74 Å². The molecule has 3 rings (SSSR count). The first kappa shape index (κ1) is 15.0. The average molecular weight is 301 g/mol. The van der Waals surface area contributed by atoms with Crippen LogP contribution in [0.1, 0.15) is 56.6 Å². The summed E-state index contributed by atoms with van der Waals surface area (Å²) in [6.07, 6.45) is 3.38. The Kier molecular flexibility index (Phi) is 4.68. The standard InChI is InChI=1S/C16H23N5O/c1-3-9-22-15-6-4-5-13(10-15)11-17-12(2)16-18-19-20-21(16)14-7-8-14/h4-6,10,12,14,17H,3,7-9,11H2,1-2H3/t12-/m1/s1. The van der Waals surface area contributed by atoms with Gasteiger partial charge in [-0.3, -0.25) is 0 Å². The molecule has 1 aromatic carbocycles. The fraction of sp³-hybridized carbons (Fsp3) is 0.562. The number of rotatable bonds is 8. The Balaban J connectivity index is 1.58. The Morgan fingerprint density at radius 2 is 2.27 bits per heavy atom. The van der Waals surface area contributed by atoms with Crippen molar-refractivity contribution in [3.05, 3.63) is 35.7 Å². The van der Waals surface area contributed by atoms with E-state index < -0.39 is 0 Å². The van der Waals surface area contributed by atoms with Crippen LogP contribution in [-0.2, 0) is 6.54 Å². The molecule has 1 aromatic heterocycles. The van der Waals surface area contributed by atoms with Crippen molar-refractivity contribution in [2.45, 2.75) is 51.7 Å². The van der Waals surface area contributed by atoms with E-state index in [0.717, 1.165) is 31.1 Å². The largest absolute Gasteiger partial charge is 0.494 e. The van der Waals surface area contributed by atoms with Gasteiger partial charge in [-0.2, -0.15) is 0 Å². The molecule has 6 heteroatoms. The van der Waals surface area contributed by atoms with Gasteiger partial charge in [0.05, 0.1) is 18.7 Å². The van der Waals surface area contributed by atoms with Gasteiger partial charge in [0.2, 0.25) is 0 Å². The second-order valence-electron chi connectivity index (χ2n) is 5.81. The van der Waals surface area contributed by atoms with Crippen LogP contribution in [0, 0.1) is 0 Å². The molecule has 0 amide bonds. The van der Waals surface area contributed by atoms with Crippen LogP contribution in [0.15, 0.2) is 24.3 Å². The number of hydrogen-bond donors (Lipinski definition) is 1. The third-order valence-electron chi connectivity index (χ3n) is 3.78. The van der Waals surface area contributed by atoms with Gasteiger partial charge < -0.3 is 10.1 Å². The molecular formula is C16H23N5O. The summed E-state index contributed by atoms with van der Waals surface area (Å²) in [6.45, 7) is 5.73. The highest BCUT2D eigenvalue weighted by molar-refractivity contribution is 5.28. The molecule has 6 nitrogen and oxygen atoms in total. The molecule has 1 aliphatic rings. The maximum absolute atomic E-state index is 5.67. The highest BCUT2D eigenvalue weighted by Crippen LogP contribution is 2.35. The molecule has 2 aromatic rings. The Labute approximate surface area is 130 Å². The number of aromatic nitrogens is 4. The fourth-order valence-electron chi connectivity index (χ4n) is 2.39. The minimum absolute atomic E-state index is 0.121. The zero-order valence-corrected chi connectivity index (χ0v) is 13.2. The van der Waals surface area contributed by atoms with Crippen LogP contribution in [0.3, 0.4) is 0 Å². The zero-order chi connectivity index (χ0) is 15.4. The quantitative estimate of drug-likeness (QED) is 0.812. The second kappa shape index (κ2) is 6.87. The third-order valence-corrected chi connectivity index (χ3v) is 3.78. The first-order valence-electron chi connectivity index (χ1n) is 8.00. The third kappa shape index (κ3) is 3.62. The molecule has 0 radical (unpaired) electrons. The summed E-state index contributed by atoms with van der Waals surface area (Å²) in [7, 11) is 0. The van der Waals surface area contributed by atoms with E-state index in [9.17, 15) is 0 Å². The van der Waals surface area contributed by atoms with Gasteiger partial charge in [0.25, 0.3) is 0 Å². The van der Waals surface area contributed by atoms with Gasteiger partial charge in [0.15, 0.2) is 5.82 Å². The van der Waals surface area contributed by atoms with Gasteiger partial charge in [-0.1, -0.05) is 19.1 Å². The SMILES string of the molecule is CCCOc1cccc(CN[C@H](C)c2nnnn2C2CC2)c1. The van der Waals surface area contributed by atoms with Crippen LogP contribution in [0.2, 0.25) is 0 Å². The predicted molar refractivity (Wildman–Crippen MR) is 83.6 cm³/mol. The Hall–Kier alpha value is -1.95. The zero-order valence-electron chi connectivity index (χ0n) is 13.2. The van der Waals surface area contributed by atoms with Gasteiger partial charge in [0.1, 0.15) is 5.75 Å². The van der Waals surface area contributed by atoms with Gasteiger partial charge in [-0.05, 0) is 54.3 Å². The van der Waals surface area contributed by atoms with Crippen LogP contribution in [-0.4, -0.2) is 26.8 Å². The van der Waals surface area contributed by atoms with Crippen molar-refractivity contribution >= 4 is 0 Å².